The summed E-state index contributed by atoms with van der Waals surface area (Å²) in [4.78, 5) is 31.4. The van der Waals surface area contributed by atoms with Gasteiger partial charge in [0.1, 0.15) is 17.4 Å². The van der Waals surface area contributed by atoms with Crippen molar-refractivity contribution >= 4 is 23.4 Å². The van der Waals surface area contributed by atoms with Gasteiger partial charge in [-0.25, -0.2) is 8.78 Å². The summed E-state index contributed by atoms with van der Waals surface area (Å²) in [6.45, 7) is 3.76. The minimum atomic E-state index is -0.410. The van der Waals surface area contributed by atoms with Crippen LogP contribution in [0.15, 0.2) is 72.8 Å². The quantitative estimate of drug-likeness (QED) is 0.412. The number of halogens is 3. The van der Waals surface area contributed by atoms with Crippen molar-refractivity contribution in [2.24, 2.45) is 0 Å². The predicted octanol–water partition coefficient (Wildman–Crippen LogP) is 4.48. The van der Waals surface area contributed by atoms with Crippen molar-refractivity contribution < 1.29 is 23.1 Å². The summed E-state index contributed by atoms with van der Waals surface area (Å²) in [5.41, 5.74) is 1.19. The zero-order chi connectivity index (χ0) is 26.2. The van der Waals surface area contributed by atoms with E-state index in [1.165, 1.54) is 36.4 Å². The maximum Gasteiger partial charge on any atom is 0.260 e. The highest BCUT2D eigenvalue weighted by atomic mass is 35.5. The molecule has 3 aromatic carbocycles. The van der Waals surface area contributed by atoms with Crippen LogP contribution in [0.25, 0.3) is 0 Å². The van der Waals surface area contributed by atoms with Gasteiger partial charge in [0.05, 0.1) is 0 Å². The molecular formula is C28H28ClF2N3O3. The van der Waals surface area contributed by atoms with E-state index < -0.39 is 5.82 Å². The molecule has 2 amide bonds. The zero-order valence-corrected chi connectivity index (χ0v) is 21.0. The Morgan fingerprint density at radius 3 is 2.05 bits per heavy atom. The Morgan fingerprint density at radius 1 is 0.838 bits per heavy atom. The summed E-state index contributed by atoms with van der Waals surface area (Å²) >= 11 is 5.87. The van der Waals surface area contributed by atoms with Gasteiger partial charge in [-0.15, -0.1) is 0 Å². The average Bonchev–Trinajstić information content (AvgIpc) is 2.92. The van der Waals surface area contributed by atoms with Crippen LogP contribution in [0.5, 0.6) is 5.75 Å². The van der Waals surface area contributed by atoms with E-state index in [-0.39, 0.29) is 24.2 Å². The fourth-order valence-corrected chi connectivity index (χ4v) is 4.21. The monoisotopic (exact) mass is 527 g/mol. The van der Waals surface area contributed by atoms with Crippen molar-refractivity contribution in [1.29, 1.82) is 0 Å². The highest BCUT2D eigenvalue weighted by Crippen LogP contribution is 2.16. The molecule has 0 radical (unpaired) electrons. The number of hydrogen-bond acceptors (Lipinski definition) is 4. The number of hydrogen-bond donors (Lipinski definition) is 0. The first kappa shape index (κ1) is 26.6. The van der Waals surface area contributed by atoms with E-state index in [1.54, 1.807) is 46.2 Å². The molecule has 0 N–H and O–H groups in total. The average molecular weight is 528 g/mol. The normalized spacial score (nSPS) is 13.9. The Labute approximate surface area is 220 Å². The van der Waals surface area contributed by atoms with Gasteiger partial charge in [0.2, 0.25) is 0 Å². The molecule has 0 aromatic heterocycles. The van der Waals surface area contributed by atoms with Crippen molar-refractivity contribution in [3.05, 3.63) is 101 Å². The fraction of sp³-hybridized carbons (Fsp3) is 0.286. The first-order valence-corrected chi connectivity index (χ1v) is 12.4. The van der Waals surface area contributed by atoms with E-state index in [0.29, 0.717) is 62.1 Å². The molecule has 0 bridgehead atoms. The molecule has 1 aliphatic heterocycles. The van der Waals surface area contributed by atoms with Crippen LogP contribution < -0.4 is 4.74 Å². The standard InChI is InChI=1S/C28H28ClF2N3O3/c29-23-5-11-26(12-6-23)37-20-27(35)33-16-13-32(14-17-33)15-18-34(19-21-1-7-24(30)8-2-21)28(36)22-3-9-25(31)10-4-22/h1-12H,13-20H2. The van der Waals surface area contributed by atoms with Gasteiger partial charge in [0.15, 0.2) is 6.61 Å². The molecule has 3 aromatic rings. The van der Waals surface area contributed by atoms with Crippen LogP contribution in [-0.4, -0.2) is 72.4 Å². The number of carbonyl (C=O) groups excluding carboxylic acids is 2. The lowest BCUT2D eigenvalue weighted by Gasteiger charge is -2.36. The second-order valence-electron chi connectivity index (χ2n) is 8.83. The molecule has 194 valence electrons. The summed E-state index contributed by atoms with van der Waals surface area (Å²) in [5, 5.41) is 0.602. The first-order valence-electron chi connectivity index (χ1n) is 12.1. The van der Waals surface area contributed by atoms with Gasteiger partial charge < -0.3 is 14.5 Å². The Morgan fingerprint density at radius 2 is 1.43 bits per heavy atom. The molecule has 37 heavy (non-hydrogen) atoms. The number of rotatable bonds is 9. The van der Waals surface area contributed by atoms with Gasteiger partial charge in [-0.1, -0.05) is 23.7 Å². The molecule has 0 atom stereocenters. The molecule has 1 saturated heterocycles. The number of nitrogens with zero attached hydrogens (tertiary/aromatic N) is 3. The molecule has 0 unspecified atom stereocenters. The number of piperazine rings is 1. The van der Waals surface area contributed by atoms with Crippen molar-refractivity contribution in [3.63, 3.8) is 0 Å². The third-order valence-corrected chi connectivity index (χ3v) is 6.50. The van der Waals surface area contributed by atoms with Crippen LogP contribution in [0, 0.1) is 11.6 Å². The molecule has 1 aliphatic rings. The molecule has 0 aliphatic carbocycles. The first-order chi connectivity index (χ1) is 17.9. The largest absolute Gasteiger partial charge is 0.484 e. The highest BCUT2D eigenvalue weighted by Gasteiger charge is 2.23. The fourth-order valence-electron chi connectivity index (χ4n) is 4.09. The van der Waals surface area contributed by atoms with E-state index in [2.05, 4.69) is 4.90 Å². The topological polar surface area (TPSA) is 53.1 Å². The molecular weight excluding hydrogens is 500 g/mol. The number of amides is 2. The van der Waals surface area contributed by atoms with Crippen molar-refractivity contribution in [3.8, 4) is 5.75 Å². The Hall–Kier alpha value is -3.49. The van der Waals surface area contributed by atoms with Gasteiger partial charge in [0.25, 0.3) is 11.8 Å². The smallest absolute Gasteiger partial charge is 0.260 e. The number of carbonyl (C=O) groups is 2. The second-order valence-corrected chi connectivity index (χ2v) is 9.26. The molecule has 1 fully saturated rings. The van der Waals surface area contributed by atoms with Crippen LogP contribution in [0.1, 0.15) is 15.9 Å². The maximum absolute atomic E-state index is 13.4. The third-order valence-electron chi connectivity index (χ3n) is 6.25. The van der Waals surface area contributed by atoms with Gasteiger partial charge in [-0.05, 0) is 66.2 Å². The second kappa shape index (κ2) is 12.7. The van der Waals surface area contributed by atoms with Crippen LogP contribution in [0.3, 0.4) is 0 Å². The van der Waals surface area contributed by atoms with Crippen molar-refractivity contribution in [2.75, 3.05) is 45.9 Å². The Bertz CT molecular complexity index is 1180. The molecule has 0 spiro atoms. The van der Waals surface area contributed by atoms with Gasteiger partial charge in [-0.3, -0.25) is 14.5 Å². The summed E-state index contributed by atoms with van der Waals surface area (Å²) in [5.74, 6) is -0.473. The van der Waals surface area contributed by atoms with Crippen LogP contribution in [0.4, 0.5) is 8.78 Å². The maximum atomic E-state index is 13.4. The summed E-state index contributed by atoms with van der Waals surface area (Å²) in [6.07, 6.45) is 0. The van der Waals surface area contributed by atoms with Gasteiger partial charge in [0, 0.05) is 56.4 Å². The SMILES string of the molecule is O=C(COc1ccc(Cl)cc1)N1CCN(CCN(Cc2ccc(F)cc2)C(=O)c2ccc(F)cc2)CC1. The third kappa shape index (κ3) is 7.74. The van der Waals surface area contributed by atoms with Crippen molar-refractivity contribution in [2.45, 2.75) is 6.54 Å². The minimum Gasteiger partial charge on any atom is -0.484 e. The molecule has 4 rings (SSSR count). The lowest BCUT2D eigenvalue weighted by molar-refractivity contribution is -0.135. The minimum absolute atomic E-state index is 0.0424. The predicted molar refractivity (Wildman–Crippen MR) is 138 cm³/mol. The van der Waals surface area contributed by atoms with Crippen LogP contribution in [-0.2, 0) is 11.3 Å². The summed E-state index contributed by atoms with van der Waals surface area (Å²) in [6, 6.07) is 18.3. The van der Waals surface area contributed by atoms with E-state index in [4.69, 9.17) is 16.3 Å². The lowest BCUT2D eigenvalue weighted by Crippen LogP contribution is -2.51. The highest BCUT2D eigenvalue weighted by molar-refractivity contribution is 6.30. The molecule has 1 heterocycles. The summed E-state index contributed by atoms with van der Waals surface area (Å²) in [7, 11) is 0. The lowest BCUT2D eigenvalue weighted by atomic mass is 10.1. The molecule has 0 saturated carbocycles. The molecule has 9 heteroatoms. The van der Waals surface area contributed by atoms with Crippen molar-refractivity contribution in [1.82, 2.24) is 14.7 Å². The Balaban J connectivity index is 1.30. The van der Waals surface area contributed by atoms with E-state index in [9.17, 15) is 18.4 Å². The van der Waals surface area contributed by atoms with E-state index in [0.717, 1.165) is 5.56 Å². The molecule has 6 nitrogen and oxygen atoms in total. The van der Waals surface area contributed by atoms with Crippen LogP contribution in [0.2, 0.25) is 5.02 Å². The van der Waals surface area contributed by atoms with E-state index >= 15 is 0 Å². The van der Waals surface area contributed by atoms with E-state index in [1.807, 2.05) is 0 Å². The number of ether oxygens (including phenoxy) is 1. The number of benzene rings is 3. The zero-order valence-electron chi connectivity index (χ0n) is 20.3. The van der Waals surface area contributed by atoms with Gasteiger partial charge in [-0.2, -0.15) is 0 Å². The Kier molecular flexibility index (Phi) is 9.09. The van der Waals surface area contributed by atoms with Crippen LogP contribution >= 0.6 is 11.6 Å². The van der Waals surface area contributed by atoms with Gasteiger partial charge >= 0.3 is 0 Å². The summed E-state index contributed by atoms with van der Waals surface area (Å²) < 4.78 is 32.3.